The van der Waals surface area contributed by atoms with E-state index in [1.807, 2.05) is 19.9 Å². The van der Waals surface area contributed by atoms with Crippen molar-refractivity contribution in [3.05, 3.63) is 0 Å². The molecule has 2 aliphatic carbocycles. The van der Waals surface area contributed by atoms with Gasteiger partial charge in [-0.15, -0.1) is 12.4 Å². The molecule has 1 amide bonds. The van der Waals surface area contributed by atoms with Crippen LogP contribution in [0.25, 0.3) is 0 Å². The molecule has 0 aromatic rings. The topological polar surface area (TPSA) is 111 Å². The number of piperidine rings is 1. The summed E-state index contributed by atoms with van der Waals surface area (Å²) in [5.41, 5.74) is -1.05. The lowest BCUT2D eigenvalue weighted by Gasteiger charge is -2.39. The largest absolute Gasteiger partial charge is 0.323 e. The molecule has 1 N–H and O–H groups in total. The maximum atomic E-state index is 13.5. The van der Waals surface area contributed by atoms with E-state index in [0.29, 0.717) is 38.8 Å². The standard InChI is InChI=1S/C22H33FN4O4S.ClH/c1-21(2)15-3-6-22(21,19(28)9-15)14-32(30,31)26-7-4-17(5-8-26)25-12-20(29)27-13-16(23)10-18(27)11-24;/h15-18,25H,3-10,12-14H2,1-2H3;1H/t15?,16-,18-,22?;/m0./s1. The van der Waals surface area contributed by atoms with Crippen molar-refractivity contribution in [1.82, 2.24) is 14.5 Å². The fraction of sp³-hybridized carbons (Fsp3) is 0.864. The third kappa shape index (κ3) is 4.54. The summed E-state index contributed by atoms with van der Waals surface area (Å²) >= 11 is 0. The lowest BCUT2D eigenvalue weighted by molar-refractivity contribution is -0.130. The number of alkyl halides is 1. The van der Waals surface area contributed by atoms with Gasteiger partial charge in [0.05, 0.1) is 24.9 Å². The number of fused-ring (bicyclic) bond motifs is 2. The number of likely N-dealkylation sites (tertiary alicyclic amines) is 1. The summed E-state index contributed by atoms with van der Waals surface area (Å²) in [6.45, 7) is 4.74. The first-order valence-corrected chi connectivity index (χ1v) is 13.2. The van der Waals surface area contributed by atoms with Crippen molar-refractivity contribution in [2.45, 2.75) is 70.6 Å². The minimum Gasteiger partial charge on any atom is -0.323 e. The van der Waals surface area contributed by atoms with Gasteiger partial charge >= 0.3 is 0 Å². The van der Waals surface area contributed by atoms with Crippen molar-refractivity contribution < 1.29 is 22.4 Å². The van der Waals surface area contributed by atoms with E-state index < -0.39 is 27.7 Å². The summed E-state index contributed by atoms with van der Waals surface area (Å²) in [4.78, 5) is 26.4. The number of nitrogens with one attached hydrogen (secondary N) is 1. The Hall–Kier alpha value is -1.28. The molecule has 0 aromatic carbocycles. The number of Topliss-reactive ketones (excluding diaryl/α,β-unsaturated/α-hetero) is 1. The second kappa shape index (κ2) is 9.40. The van der Waals surface area contributed by atoms with Crippen molar-refractivity contribution in [3.8, 4) is 6.07 Å². The minimum atomic E-state index is -3.57. The predicted octanol–water partition coefficient (Wildman–Crippen LogP) is 1.65. The van der Waals surface area contributed by atoms with Crippen molar-refractivity contribution in [2.24, 2.45) is 16.7 Å². The number of carbonyl (C=O) groups is 2. The van der Waals surface area contributed by atoms with Gasteiger partial charge in [0.15, 0.2) is 0 Å². The number of hydrogen-bond acceptors (Lipinski definition) is 6. The molecule has 2 bridgehead atoms. The van der Waals surface area contributed by atoms with E-state index in [0.717, 1.165) is 6.42 Å². The van der Waals surface area contributed by atoms with Gasteiger partial charge in [0.25, 0.3) is 0 Å². The molecule has 2 saturated heterocycles. The summed E-state index contributed by atoms with van der Waals surface area (Å²) in [6.07, 6.45) is 2.09. The lowest BCUT2D eigenvalue weighted by atomic mass is 9.70. The zero-order valence-corrected chi connectivity index (χ0v) is 20.9. The SMILES string of the molecule is CC1(C)C2CCC1(CS(=O)(=O)N1CCC(NCC(=O)N3C[C@@H](F)C[C@H]3C#N)CC1)C(=O)C2.Cl. The second-order valence-electron chi connectivity index (χ2n) is 10.5. The van der Waals surface area contributed by atoms with Gasteiger partial charge in [-0.25, -0.2) is 17.1 Å². The van der Waals surface area contributed by atoms with E-state index >= 15 is 0 Å². The minimum absolute atomic E-state index is 0. The molecular weight excluding hydrogens is 471 g/mol. The Morgan fingerprint density at radius 2 is 1.94 bits per heavy atom. The molecule has 2 aliphatic heterocycles. The van der Waals surface area contributed by atoms with Crippen LogP contribution in [0, 0.1) is 28.1 Å². The third-order valence-corrected chi connectivity index (χ3v) is 10.7. The first kappa shape index (κ1) is 26.3. The van der Waals surface area contributed by atoms with Crippen LogP contribution in [0.15, 0.2) is 0 Å². The number of nitriles is 1. The predicted molar refractivity (Wildman–Crippen MR) is 123 cm³/mol. The fourth-order valence-corrected chi connectivity index (χ4v) is 8.61. The van der Waals surface area contributed by atoms with E-state index in [1.54, 1.807) is 0 Å². The highest BCUT2D eigenvalue weighted by Gasteiger charge is 2.65. The molecule has 4 aliphatic rings. The van der Waals surface area contributed by atoms with Crippen LogP contribution in [0.1, 0.15) is 52.4 Å². The summed E-state index contributed by atoms with van der Waals surface area (Å²) in [5, 5.41) is 12.3. The monoisotopic (exact) mass is 504 g/mol. The number of halogens is 2. The zero-order valence-electron chi connectivity index (χ0n) is 19.3. The Morgan fingerprint density at radius 3 is 2.48 bits per heavy atom. The normalized spacial score (nSPS) is 34.3. The van der Waals surface area contributed by atoms with Crippen LogP contribution in [0.5, 0.6) is 0 Å². The number of nitrogens with zero attached hydrogens (tertiary/aromatic N) is 3. The highest BCUT2D eigenvalue weighted by molar-refractivity contribution is 7.89. The molecule has 8 nitrogen and oxygen atoms in total. The molecule has 4 fully saturated rings. The summed E-state index contributed by atoms with van der Waals surface area (Å²) in [7, 11) is -3.57. The zero-order chi connectivity index (χ0) is 23.3. The Bertz CT molecular complexity index is 931. The molecule has 4 atom stereocenters. The number of carbonyl (C=O) groups excluding carboxylic acids is 2. The molecule has 33 heavy (non-hydrogen) atoms. The third-order valence-electron chi connectivity index (χ3n) is 8.68. The second-order valence-corrected chi connectivity index (χ2v) is 12.5. The smallest absolute Gasteiger partial charge is 0.237 e. The highest BCUT2D eigenvalue weighted by Crippen LogP contribution is 2.64. The molecule has 2 heterocycles. The maximum Gasteiger partial charge on any atom is 0.237 e. The van der Waals surface area contributed by atoms with Gasteiger partial charge in [-0.3, -0.25) is 9.59 Å². The summed E-state index contributed by atoms with van der Waals surface area (Å²) in [6, 6.07) is 1.24. The van der Waals surface area contributed by atoms with Gasteiger partial charge in [0.1, 0.15) is 18.0 Å². The molecule has 4 rings (SSSR count). The first-order valence-electron chi connectivity index (χ1n) is 11.6. The number of hydrogen-bond donors (Lipinski definition) is 1. The van der Waals surface area contributed by atoms with Crippen LogP contribution >= 0.6 is 12.4 Å². The number of ketones is 1. The molecule has 186 valence electrons. The van der Waals surface area contributed by atoms with Gasteiger partial charge in [-0.2, -0.15) is 5.26 Å². The maximum absolute atomic E-state index is 13.5. The van der Waals surface area contributed by atoms with Gasteiger partial charge < -0.3 is 10.2 Å². The van der Waals surface area contributed by atoms with Gasteiger partial charge in [-0.1, -0.05) is 13.8 Å². The Labute approximate surface area is 201 Å². The van der Waals surface area contributed by atoms with Crippen molar-refractivity contribution in [3.63, 3.8) is 0 Å². The molecule has 2 saturated carbocycles. The van der Waals surface area contributed by atoms with Gasteiger partial charge in [0.2, 0.25) is 15.9 Å². The van der Waals surface area contributed by atoms with Crippen LogP contribution in [-0.2, 0) is 19.6 Å². The van der Waals surface area contributed by atoms with E-state index in [-0.39, 0.29) is 66.7 Å². The summed E-state index contributed by atoms with van der Waals surface area (Å²) in [5.74, 6) is -0.0240. The van der Waals surface area contributed by atoms with E-state index in [4.69, 9.17) is 5.26 Å². The first-order chi connectivity index (χ1) is 15.0. The molecule has 11 heteroatoms. The molecular formula is C22H34ClFN4O4S. The highest BCUT2D eigenvalue weighted by atomic mass is 35.5. The van der Waals surface area contributed by atoms with Crippen molar-refractivity contribution in [1.29, 1.82) is 5.26 Å². The van der Waals surface area contributed by atoms with Gasteiger partial charge in [-0.05, 0) is 37.0 Å². The van der Waals surface area contributed by atoms with Crippen LogP contribution in [-0.4, -0.2) is 79.5 Å². The van der Waals surface area contributed by atoms with E-state index in [2.05, 4.69) is 5.32 Å². The van der Waals surface area contributed by atoms with E-state index in [1.165, 1.54) is 9.21 Å². The molecule has 0 aromatic heterocycles. The van der Waals surface area contributed by atoms with Crippen LogP contribution in [0.4, 0.5) is 4.39 Å². The summed E-state index contributed by atoms with van der Waals surface area (Å²) < 4.78 is 41.5. The fourth-order valence-electron chi connectivity index (χ4n) is 6.36. The lowest BCUT2D eigenvalue weighted by Crippen LogP contribution is -2.51. The Morgan fingerprint density at radius 1 is 1.27 bits per heavy atom. The average molecular weight is 505 g/mol. The molecule has 0 spiro atoms. The van der Waals surface area contributed by atoms with Crippen LogP contribution in [0.2, 0.25) is 0 Å². The number of sulfonamides is 1. The van der Waals surface area contributed by atoms with Crippen LogP contribution in [0.3, 0.4) is 0 Å². The molecule has 2 unspecified atom stereocenters. The van der Waals surface area contributed by atoms with E-state index in [9.17, 15) is 22.4 Å². The van der Waals surface area contributed by atoms with Crippen LogP contribution < -0.4 is 5.32 Å². The van der Waals surface area contributed by atoms with Crippen molar-refractivity contribution in [2.75, 3.05) is 31.9 Å². The van der Waals surface area contributed by atoms with Crippen molar-refractivity contribution >= 4 is 34.1 Å². The average Bonchev–Trinajstić information content (AvgIpc) is 3.30. The number of rotatable bonds is 6. The molecule has 0 radical (unpaired) electrons. The quantitative estimate of drug-likeness (QED) is 0.589. The Balaban J connectivity index is 0.00000306. The van der Waals surface area contributed by atoms with Gasteiger partial charge in [0, 0.05) is 37.4 Å². The Kier molecular flexibility index (Phi) is 7.50. The number of amides is 1.